The molecule has 0 atom stereocenters. The molecule has 16 heavy (non-hydrogen) atoms. The number of rotatable bonds is 7. The molecular weight excluding hydrogens is 200 g/mol. The van der Waals surface area contributed by atoms with Crippen LogP contribution in [0.2, 0.25) is 0 Å². The van der Waals surface area contributed by atoms with Gasteiger partial charge in [0.1, 0.15) is 5.82 Å². The van der Waals surface area contributed by atoms with E-state index >= 15 is 0 Å². The molecule has 0 radical (unpaired) electrons. The number of aromatic nitrogens is 3. The van der Waals surface area contributed by atoms with Crippen LogP contribution in [0.1, 0.15) is 44.8 Å². The van der Waals surface area contributed by atoms with Gasteiger partial charge in [-0.25, -0.2) is 9.67 Å². The zero-order valence-electron chi connectivity index (χ0n) is 10.4. The first kappa shape index (κ1) is 11.6. The van der Waals surface area contributed by atoms with Gasteiger partial charge in [-0.1, -0.05) is 13.8 Å². The van der Waals surface area contributed by atoms with E-state index in [9.17, 15) is 0 Å². The molecule has 1 saturated carbocycles. The monoisotopic (exact) mass is 222 g/mol. The lowest BCUT2D eigenvalue weighted by molar-refractivity contribution is 0.522. The number of nitrogens with zero attached hydrogens (tertiary/aromatic N) is 3. The van der Waals surface area contributed by atoms with E-state index in [2.05, 4.69) is 33.9 Å². The van der Waals surface area contributed by atoms with Gasteiger partial charge in [-0.15, -0.1) is 0 Å². The van der Waals surface area contributed by atoms with Crippen molar-refractivity contribution in [2.45, 2.75) is 58.5 Å². The summed E-state index contributed by atoms with van der Waals surface area (Å²) in [6.07, 6.45) is 5.78. The van der Waals surface area contributed by atoms with Crippen molar-refractivity contribution >= 4 is 0 Å². The van der Waals surface area contributed by atoms with Crippen molar-refractivity contribution < 1.29 is 0 Å². The van der Waals surface area contributed by atoms with Crippen molar-refractivity contribution in [1.29, 1.82) is 0 Å². The van der Waals surface area contributed by atoms with Gasteiger partial charge in [-0.2, -0.15) is 5.10 Å². The third-order valence-electron chi connectivity index (χ3n) is 2.98. The van der Waals surface area contributed by atoms with Gasteiger partial charge in [0.15, 0.2) is 5.82 Å². The fourth-order valence-corrected chi connectivity index (χ4v) is 1.84. The average molecular weight is 222 g/mol. The summed E-state index contributed by atoms with van der Waals surface area (Å²) in [5.41, 5.74) is 0. The van der Waals surface area contributed by atoms with Gasteiger partial charge in [0.05, 0.1) is 0 Å². The van der Waals surface area contributed by atoms with Crippen molar-refractivity contribution in [2.24, 2.45) is 0 Å². The van der Waals surface area contributed by atoms with Crippen molar-refractivity contribution in [3.63, 3.8) is 0 Å². The lowest BCUT2D eigenvalue weighted by Gasteiger charge is -2.05. The summed E-state index contributed by atoms with van der Waals surface area (Å²) < 4.78 is 2.08. The maximum Gasteiger partial charge on any atom is 0.150 e. The second-order valence-electron chi connectivity index (χ2n) is 4.46. The molecule has 1 aliphatic carbocycles. The Morgan fingerprint density at radius 2 is 2.12 bits per heavy atom. The summed E-state index contributed by atoms with van der Waals surface area (Å²) in [5.74, 6) is 2.11. The Bertz CT molecular complexity index is 328. The Morgan fingerprint density at radius 3 is 2.75 bits per heavy atom. The topological polar surface area (TPSA) is 42.7 Å². The van der Waals surface area contributed by atoms with Crippen LogP contribution in [0.5, 0.6) is 0 Å². The van der Waals surface area contributed by atoms with Gasteiger partial charge < -0.3 is 5.32 Å². The minimum atomic E-state index is 0.813. The molecule has 0 aliphatic heterocycles. The SMILES string of the molecule is CCc1nc(CC)n(CCCNC2CC2)n1. The number of nitrogens with one attached hydrogen (secondary N) is 1. The van der Waals surface area contributed by atoms with E-state index in [0.717, 1.165) is 50.0 Å². The van der Waals surface area contributed by atoms with Gasteiger partial charge in [0.25, 0.3) is 0 Å². The highest BCUT2D eigenvalue weighted by atomic mass is 15.3. The van der Waals surface area contributed by atoms with Crippen molar-refractivity contribution in [2.75, 3.05) is 6.54 Å². The molecule has 4 heteroatoms. The summed E-state index contributed by atoms with van der Waals surface area (Å²) in [4.78, 5) is 4.50. The standard InChI is InChI=1S/C12H22N4/c1-3-11-14-12(4-2)16(15-11)9-5-8-13-10-6-7-10/h10,13H,3-9H2,1-2H3. The minimum absolute atomic E-state index is 0.813. The minimum Gasteiger partial charge on any atom is -0.314 e. The Kier molecular flexibility index (Phi) is 3.93. The Morgan fingerprint density at radius 1 is 1.31 bits per heavy atom. The zero-order chi connectivity index (χ0) is 11.4. The van der Waals surface area contributed by atoms with Gasteiger partial charge in [-0.3, -0.25) is 0 Å². The van der Waals surface area contributed by atoms with Crippen molar-refractivity contribution in [3.8, 4) is 0 Å². The molecule has 1 heterocycles. The van der Waals surface area contributed by atoms with Crippen LogP contribution >= 0.6 is 0 Å². The van der Waals surface area contributed by atoms with Crippen LogP contribution in [0.4, 0.5) is 0 Å². The Labute approximate surface area is 97.5 Å². The second kappa shape index (κ2) is 5.43. The average Bonchev–Trinajstić information content (AvgIpc) is 3.04. The van der Waals surface area contributed by atoms with Gasteiger partial charge >= 0.3 is 0 Å². The van der Waals surface area contributed by atoms with Crippen molar-refractivity contribution in [3.05, 3.63) is 11.6 Å². The molecule has 1 aromatic heterocycles. The van der Waals surface area contributed by atoms with E-state index in [4.69, 9.17) is 0 Å². The van der Waals surface area contributed by atoms with E-state index in [1.807, 2.05) is 0 Å². The molecule has 1 aromatic rings. The first-order valence-corrected chi connectivity index (χ1v) is 6.49. The zero-order valence-corrected chi connectivity index (χ0v) is 10.4. The first-order chi connectivity index (χ1) is 7.83. The van der Waals surface area contributed by atoms with Crippen LogP contribution < -0.4 is 5.32 Å². The molecule has 1 aliphatic rings. The van der Waals surface area contributed by atoms with Crippen LogP contribution in [-0.2, 0) is 19.4 Å². The third-order valence-corrected chi connectivity index (χ3v) is 2.98. The lowest BCUT2D eigenvalue weighted by atomic mass is 10.4. The van der Waals surface area contributed by atoms with Crippen LogP contribution in [0.15, 0.2) is 0 Å². The molecule has 0 bridgehead atoms. The van der Waals surface area contributed by atoms with Crippen molar-refractivity contribution in [1.82, 2.24) is 20.1 Å². The maximum atomic E-state index is 4.51. The van der Waals surface area contributed by atoms with Crippen LogP contribution in [0.3, 0.4) is 0 Å². The molecule has 2 rings (SSSR count). The molecule has 90 valence electrons. The van der Waals surface area contributed by atoms with Crippen LogP contribution in [-0.4, -0.2) is 27.4 Å². The quantitative estimate of drug-likeness (QED) is 0.712. The molecule has 4 nitrogen and oxygen atoms in total. The van der Waals surface area contributed by atoms with E-state index in [0.29, 0.717) is 0 Å². The molecule has 0 unspecified atom stereocenters. The predicted octanol–water partition coefficient (Wildman–Crippen LogP) is 1.54. The number of hydrogen-bond donors (Lipinski definition) is 1. The summed E-state index contributed by atoms with van der Waals surface area (Å²) in [6.45, 7) is 6.35. The lowest BCUT2D eigenvalue weighted by Crippen LogP contribution is -2.19. The molecule has 1 N–H and O–H groups in total. The molecule has 1 fully saturated rings. The smallest absolute Gasteiger partial charge is 0.150 e. The number of aryl methyl sites for hydroxylation is 3. The second-order valence-corrected chi connectivity index (χ2v) is 4.46. The van der Waals surface area contributed by atoms with Gasteiger partial charge in [0.2, 0.25) is 0 Å². The highest BCUT2D eigenvalue weighted by Crippen LogP contribution is 2.18. The summed E-state index contributed by atoms with van der Waals surface area (Å²) in [6, 6.07) is 0.813. The molecule has 0 amide bonds. The van der Waals surface area contributed by atoms with Crippen LogP contribution in [0, 0.1) is 0 Å². The van der Waals surface area contributed by atoms with E-state index in [1.54, 1.807) is 0 Å². The number of hydrogen-bond acceptors (Lipinski definition) is 3. The molecule has 0 spiro atoms. The highest BCUT2D eigenvalue weighted by molar-refractivity contribution is 4.92. The summed E-state index contributed by atoms with van der Waals surface area (Å²) in [5, 5.41) is 8.03. The third kappa shape index (κ3) is 3.04. The van der Waals surface area contributed by atoms with E-state index in [-0.39, 0.29) is 0 Å². The summed E-state index contributed by atoms with van der Waals surface area (Å²) in [7, 11) is 0. The maximum absolute atomic E-state index is 4.51. The van der Waals surface area contributed by atoms with E-state index in [1.165, 1.54) is 12.8 Å². The molecular formula is C12H22N4. The summed E-state index contributed by atoms with van der Waals surface area (Å²) >= 11 is 0. The molecule has 0 aromatic carbocycles. The van der Waals surface area contributed by atoms with Gasteiger partial charge in [0, 0.05) is 25.4 Å². The van der Waals surface area contributed by atoms with E-state index < -0.39 is 0 Å². The first-order valence-electron chi connectivity index (χ1n) is 6.49. The normalized spacial score (nSPS) is 15.6. The Hall–Kier alpha value is -0.900. The molecule has 0 saturated heterocycles. The fraction of sp³-hybridized carbons (Fsp3) is 0.833. The van der Waals surface area contributed by atoms with Gasteiger partial charge in [-0.05, 0) is 25.8 Å². The largest absolute Gasteiger partial charge is 0.314 e. The fourth-order valence-electron chi connectivity index (χ4n) is 1.84. The highest BCUT2D eigenvalue weighted by Gasteiger charge is 2.19. The predicted molar refractivity (Wildman–Crippen MR) is 64.4 cm³/mol. The van der Waals surface area contributed by atoms with Crippen LogP contribution in [0.25, 0.3) is 0 Å². The Balaban J connectivity index is 1.79.